The third-order valence-electron chi connectivity index (χ3n) is 6.41. The monoisotopic (exact) mass is 419 g/mol. The molecule has 2 aromatic carbocycles. The highest BCUT2D eigenvalue weighted by Gasteiger charge is 2.25. The summed E-state index contributed by atoms with van der Waals surface area (Å²) in [7, 11) is 3.75. The Morgan fingerprint density at radius 2 is 1.77 bits per heavy atom. The molecule has 1 aliphatic heterocycles. The van der Waals surface area contributed by atoms with E-state index < -0.39 is 0 Å². The van der Waals surface area contributed by atoms with Crippen LogP contribution < -0.4 is 10.1 Å². The van der Waals surface area contributed by atoms with Crippen molar-refractivity contribution in [2.45, 2.75) is 31.6 Å². The average Bonchev–Trinajstić information content (AvgIpc) is 3.15. The number of aryl methyl sites for hydroxylation is 1. The quantitative estimate of drug-likeness (QED) is 0.592. The number of para-hydroxylation sites is 2. The third kappa shape index (κ3) is 4.93. The number of carbonyl (C=O) groups is 1. The fourth-order valence-corrected chi connectivity index (χ4v) is 4.79. The Morgan fingerprint density at radius 3 is 2.58 bits per heavy atom. The molecule has 1 aromatic heterocycles. The van der Waals surface area contributed by atoms with Gasteiger partial charge in [-0.2, -0.15) is 0 Å². The molecule has 0 aliphatic carbocycles. The lowest BCUT2D eigenvalue weighted by atomic mass is 9.87. The molecule has 0 bridgehead atoms. The molecule has 31 heavy (non-hydrogen) atoms. The van der Waals surface area contributed by atoms with E-state index in [9.17, 15) is 4.79 Å². The van der Waals surface area contributed by atoms with E-state index in [-0.39, 0.29) is 11.8 Å². The number of fused-ring (bicyclic) bond motifs is 1. The molecule has 1 aliphatic rings. The topological polar surface area (TPSA) is 46.5 Å². The predicted octanol–water partition coefficient (Wildman–Crippen LogP) is 4.31. The van der Waals surface area contributed by atoms with Gasteiger partial charge >= 0.3 is 0 Å². The van der Waals surface area contributed by atoms with Gasteiger partial charge in [-0.25, -0.2) is 0 Å². The van der Waals surface area contributed by atoms with Crippen LogP contribution in [0, 0.1) is 0 Å². The van der Waals surface area contributed by atoms with Crippen molar-refractivity contribution in [1.82, 2.24) is 14.8 Å². The number of nitrogens with one attached hydrogen (secondary N) is 1. The van der Waals surface area contributed by atoms with Gasteiger partial charge in [-0.05, 0) is 43.6 Å². The summed E-state index contributed by atoms with van der Waals surface area (Å²) in [6.45, 7) is 3.93. The van der Waals surface area contributed by atoms with Gasteiger partial charge in [0.15, 0.2) is 0 Å². The molecule has 1 saturated heterocycles. The van der Waals surface area contributed by atoms with Gasteiger partial charge in [-0.1, -0.05) is 42.8 Å². The first-order valence-electron chi connectivity index (χ1n) is 11.3. The molecule has 2 heterocycles. The molecular formula is C26H33N3O2. The molecule has 1 fully saturated rings. The van der Waals surface area contributed by atoms with Crippen molar-refractivity contribution in [3.05, 3.63) is 65.9 Å². The van der Waals surface area contributed by atoms with Crippen LogP contribution in [0.25, 0.3) is 10.9 Å². The summed E-state index contributed by atoms with van der Waals surface area (Å²) in [6.07, 6.45) is 6.42. The lowest BCUT2D eigenvalue weighted by Gasteiger charge is -2.26. The van der Waals surface area contributed by atoms with E-state index in [0.717, 1.165) is 36.5 Å². The molecule has 4 rings (SSSR count). The molecule has 0 saturated carbocycles. The van der Waals surface area contributed by atoms with E-state index >= 15 is 0 Å². The zero-order valence-corrected chi connectivity index (χ0v) is 18.6. The van der Waals surface area contributed by atoms with Gasteiger partial charge in [0, 0.05) is 55.1 Å². The molecule has 3 aromatic rings. The molecule has 0 radical (unpaired) electrons. The van der Waals surface area contributed by atoms with E-state index in [2.05, 4.69) is 58.4 Å². The van der Waals surface area contributed by atoms with Crippen molar-refractivity contribution in [2.75, 3.05) is 33.3 Å². The number of rotatable bonds is 8. The van der Waals surface area contributed by atoms with Crippen LogP contribution in [0.3, 0.4) is 0 Å². The van der Waals surface area contributed by atoms with E-state index in [4.69, 9.17) is 4.74 Å². The van der Waals surface area contributed by atoms with Crippen molar-refractivity contribution < 1.29 is 9.53 Å². The third-order valence-corrected chi connectivity index (χ3v) is 6.41. The zero-order valence-electron chi connectivity index (χ0n) is 18.6. The number of carbonyl (C=O) groups excluding carboxylic acids is 1. The van der Waals surface area contributed by atoms with Crippen molar-refractivity contribution in [1.29, 1.82) is 0 Å². The molecule has 5 heteroatoms. The second-order valence-electron chi connectivity index (χ2n) is 8.46. The van der Waals surface area contributed by atoms with Crippen LogP contribution in [-0.2, 0) is 11.8 Å². The van der Waals surface area contributed by atoms with Gasteiger partial charge in [0.05, 0.1) is 7.11 Å². The van der Waals surface area contributed by atoms with Crippen LogP contribution >= 0.6 is 0 Å². The minimum atomic E-state index is -0.0720. The minimum absolute atomic E-state index is 0.0720. The average molecular weight is 420 g/mol. The molecular weight excluding hydrogens is 386 g/mol. The van der Waals surface area contributed by atoms with Crippen LogP contribution in [-0.4, -0.2) is 48.7 Å². The highest BCUT2D eigenvalue weighted by Crippen LogP contribution is 2.38. The molecule has 1 atom stereocenters. The fourth-order valence-electron chi connectivity index (χ4n) is 4.79. The maximum Gasteiger partial charge on any atom is 0.220 e. The van der Waals surface area contributed by atoms with E-state index in [0.29, 0.717) is 13.0 Å². The normalized spacial score (nSPS) is 15.7. The Hall–Kier alpha value is -2.79. The number of likely N-dealkylation sites (tertiary alicyclic amines) is 1. The van der Waals surface area contributed by atoms with Gasteiger partial charge in [-0.3, -0.25) is 4.79 Å². The van der Waals surface area contributed by atoms with Crippen molar-refractivity contribution in [3.8, 4) is 5.75 Å². The first-order valence-corrected chi connectivity index (χ1v) is 11.3. The molecule has 164 valence electrons. The summed E-state index contributed by atoms with van der Waals surface area (Å²) >= 11 is 0. The second kappa shape index (κ2) is 10.0. The molecule has 0 spiro atoms. The number of hydrogen-bond donors (Lipinski definition) is 1. The molecule has 5 nitrogen and oxygen atoms in total. The minimum Gasteiger partial charge on any atom is -0.496 e. The zero-order chi connectivity index (χ0) is 21.6. The van der Waals surface area contributed by atoms with Crippen molar-refractivity contribution in [3.63, 3.8) is 0 Å². The number of nitrogens with zero attached hydrogens (tertiary/aromatic N) is 2. The van der Waals surface area contributed by atoms with Crippen LogP contribution in [0.15, 0.2) is 54.7 Å². The first kappa shape index (κ1) is 21.4. The molecule has 1 amide bonds. The number of piperidine rings is 1. The van der Waals surface area contributed by atoms with Crippen LogP contribution in [0.5, 0.6) is 5.75 Å². The largest absolute Gasteiger partial charge is 0.496 e. The highest BCUT2D eigenvalue weighted by atomic mass is 16.5. The highest BCUT2D eigenvalue weighted by molar-refractivity contribution is 5.86. The van der Waals surface area contributed by atoms with Crippen molar-refractivity contribution >= 4 is 16.8 Å². The smallest absolute Gasteiger partial charge is 0.220 e. The number of ether oxygens (including phenoxy) is 1. The van der Waals surface area contributed by atoms with Crippen LogP contribution in [0.2, 0.25) is 0 Å². The van der Waals surface area contributed by atoms with Crippen LogP contribution in [0.1, 0.15) is 42.7 Å². The summed E-state index contributed by atoms with van der Waals surface area (Å²) in [5.74, 6) is 0.833. The van der Waals surface area contributed by atoms with E-state index in [1.165, 1.54) is 30.2 Å². The van der Waals surface area contributed by atoms with Gasteiger partial charge in [-0.15, -0.1) is 0 Å². The first-order chi connectivity index (χ1) is 15.2. The number of hydrogen-bond acceptors (Lipinski definition) is 3. The fraction of sp³-hybridized carbons (Fsp3) is 0.423. The second-order valence-corrected chi connectivity index (χ2v) is 8.46. The Kier molecular flexibility index (Phi) is 6.92. The van der Waals surface area contributed by atoms with Crippen LogP contribution in [0.4, 0.5) is 0 Å². The summed E-state index contributed by atoms with van der Waals surface area (Å²) in [4.78, 5) is 15.5. The summed E-state index contributed by atoms with van der Waals surface area (Å²) in [5.41, 5.74) is 3.38. The Labute approximate surface area is 185 Å². The molecule has 1 unspecified atom stereocenters. The summed E-state index contributed by atoms with van der Waals surface area (Å²) in [6, 6.07) is 16.4. The van der Waals surface area contributed by atoms with Gasteiger partial charge in [0.2, 0.25) is 5.91 Å². The van der Waals surface area contributed by atoms with Crippen molar-refractivity contribution in [2.24, 2.45) is 7.05 Å². The number of aromatic nitrogens is 1. The SMILES string of the molecule is COc1ccccc1C(CC(=O)NCCN1CCCCC1)c1cn(C)c2ccccc12. The molecule has 1 N–H and O–H groups in total. The maximum atomic E-state index is 13.0. The van der Waals surface area contributed by atoms with E-state index in [1.54, 1.807) is 7.11 Å². The number of amides is 1. The summed E-state index contributed by atoms with van der Waals surface area (Å²) in [5, 5.41) is 4.35. The van der Waals surface area contributed by atoms with E-state index in [1.807, 2.05) is 18.2 Å². The lowest BCUT2D eigenvalue weighted by Crippen LogP contribution is -2.38. The lowest BCUT2D eigenvalue weighted by molar-refractivity contribution is -0.121. The Morgan fingerprint density at radius 1 is 1.03 bits per heavy atom. The number of methoxy groups -OCH3 is 1. The predicted molar refractivity (Wildman–Crippen MR) is 126 cm³/mol. The standard InChI is InChI=1S/C26H33N3O2/c1-28-19-23(20-10-4-6-12-24(20)28)22(21-11-5-7-13-25(21)31-2)18-26(30)27-14-17-29-15-8-3-9-16-29/h4-7,10-13,19,22H,3,8-9,14-18H2,1-2H3,(H,27,30). The summed E-state index contributed by atoms with van der Waals surface area (Å²) < 4.78 is 7.80. The van der Waals surface area contributed by atoms with Gasteiger partial charge < -0.3 is 19.5 Å². The number of benzene rings is 2. The van der Waals surface area contributed by atoms with Gasteiger partial charge in [0.1, 0.15) is 5.75 Å². The van der Waals surface area contributed by atoms with Gasteiger partial charge in [0.25, 0.3) is 0 Å². The Balaban J connectivity index is 1.56. The maximum absolute atomic E-state index is 13.0. The Bertz CT molecular complexity index is 1020.